The van der Waals surface area contributed by atoms with Crippen LogP contribution in [0.2, 0.25) is 0 Å². The van der Waals surface area contributed by atoms with Crippen molar-refractivity contribution in [2.45, 2.75) is 45.7 Å². The van der Waals surface area contributed by atoms with Gasteiger partial charge < -0.3 is 5.73 Å². The zero-order valence-electron chi connectivity index (χ0n) is 14.0. The largest absolute Gasteiger partial charge is 0.307 e. The molecule has 0 saturated heterocycles. The molecule has 7 nitrogen and oxygen atoms in total. The molecule has 1 aliphatic heterocycles. The number of nitrogens with two attached hydrogens (primary N) is 2. The van der Waals surface area contributed by atoms with Crippen LogP contribution in [-0.4, -0.2) is 30.0 Å². The summed E-state index contributed by atoms with van der Waals surface area (Å²) in [4.78, 5) is 4.14. The lowest BCUT2D eigenvalue weighted by Crippen LogP contribution is -2.50. The summed E-state index contributed by atoms with van der Waals surface area (Å²) in [6.07, 6.45) is 1.59. The van der Waals surface area contributed by atoms with Crippen molar-refractivity contribution < 1.29 is 13.0 Å². The van der Waals surface area contributed by atoms with Crippen LogP contribution in [0.25, 0.3) is 0 Å². The smallest absolute Gasteiger partial charge is 0.295 e. The molecule has 0 bridgehead atoms. The van der Waals surface area contributed by atoms with Gasteiger partial charge in [-0.25, -0.2) is 10.8 Å². The van der Waals surface area contributed by atoms with Gasteiger partial charge in [0.1, 0.15) is 12.0 Å². The molecule has 0 spiro atoms. The molecular weight excluding hydrogens is 316 g/mol. The highest BCUT2D eigenvalue weighted by molar-refractivity contribution is 7.86. The van der Waals surface area contributed by atoms with Crippen molar-refractivity contribution in [2.75, 3.05) is 0 Å². The van der Waals surface area contributed by atoms with Crippen molar-refractivity contribution in [1.29, 1.82) is 0 Å². The molecular formula is C15H24N4O3S. The number of benzene rings is 1. The van der Waals surface area contributed by atoms with E-state index in [1.807, 2.05) is 26.8 Å². The Morgan fingerprint density at radius 2 is 1.61 bits per heavy atom. The highest BCUT2D eigenvalue weighted by Crippen LogP contribution is 2.20. The van der Waals surface area contributed by atoms with Crippen molar-refractivity contribution in [3.8, 4) is 0 Å². The Hall–Kier alpha value is -1.74. The first-order valence-corrected chi connectivity index (χ1v) is 8.46. The van der Waals surface area contributed by atoms with Crippen molar-refractivity contribution in [1.82, 2.24) is 5.01 Å². The Kier molecular flexibility index (Phi) is 6.06. The normalized spacial score (nSPS) is 17.9. The molecule has 8 heteroatoms. The minimum absolute atomic E-state index is 0.0260. The Balaban J connectivity index is 0.000000238. The molecule has 0 saturated carbocycles. The van der Waals surface area contributed by atoms with E-state index in [-0.39, 0.29) is 11.1 Å². The molecule has 1 atom stereocenters. The van der Waals surface area contributed by atoms with Crippen LogP contribution in [0.3, 0.4) is 0 Å². The van der Waals surface area contributed by atoms with E-state index in [1.54, 1.807) is 26.0 Å². The fourth-order valence-corrected chi connectivity index (χ4v) is 3.40. The molecule has 128 valence electrons. The Labute approximate surface area is 137 Å². The van der Waals surface area contributed by atoms with Crippen molar-refractivity contribution in [3.05, 3.63) is 40.6 Å². The summed E-state index contributed by atoms with van der Waals surface area (Å²) in [6, 6.07) is 3.46. The van der Waals surface area contributed by atoms with Gasteiger partial charge in [0, 0.05) is 5.70 Å². The van der Waals surface area contributed by atoms with Crippen LogP contribution in [0.15, 0.2) is 33.8 Å². The fraction of sp³-hybridized carbons (Fsp3) is 0.400. The number of hydrazine groups is 1. The molecule has 0 aromatic heterocycles. The number of rotatable bonds is 1. The van der Waals surface area contributed by atoms with Crippen molar-refractivity contribution >= 4 is 16.0 Å². The average molecular weight is 340 g/mol. The second-order valence-corrected chi connectivity index (χ2v) is 6.93. The third-order valence-corrected chi connectivity index (χ3v) is 4.47. The van der Waals surface area contributed by atoms with Gasteiger partial charge in [0.15, 0.2) is 0 Å². The predicted octanol–water partition coefficient (Wildman–Crippen LogP) is 1.64. The van der Waals surface area contributed by atoms with E-state index in [9.17, 15) is 8.42 Å². The van der Waals surface area contributed by atoms with Crippen LogP contribution in [0.1, 0.15) is 30.5 Å². The quantitative estimate of drug-likeness (QED) is 0.528. The third kappa shape index (κ3) is 5.14. The van der Waals surface area contributed by atoms with Gasteiger partial charge in [0.2, 0.25) is 0 Å². The Bertz CT molecular complexity index is 731. The third-order valence-electron chi connectivity index (χ3n) is 3.31. The van der Waals surface area contributed by atoms with E-state index in [1.165, 1.54) is 5.01 Å². The first-order chi connectivity index (χ1) is 10.4. The maximum Gasteiger partial charge on any atom is 0.295 e. The molecule has 1 aliphatic rings. The lowest BCUT2D eigenvalue weighted by Gasteiger charge is -2.26. The summed E-state index contributed by atoms with van der Waals surface area (Å²) in [6.45, 7) is 8.95. The highest BCUT2D eigenvalue weighted by Gasteiger charge is 2.16. The molecule has 0 aliphatic carbocycles. The number of hydrogen-bond acceptors (Lipinski definition) is 6. The van der Waals surface area contributed by atoms with E-state index in [2.05, 4.69) is 4.99 Å². The average Bonchev–Trinajstić information content (AvgIpc) is 2.33. The van der Waals surface area contributed by atoms with Gasteiger partial charge in [0.05, 0.1) is 4.90 Å². The van der Waals surface area contributed by atoms with Gasteiger partial charge >= 0.3 is 0 Å². The Morgan fingerprint density at radius 3 is 2.00 bits per heavy atom. The maximum absolute atomic E-state index is 10.9. The molecule has 1 aromatic carbocycles. The van der Waals surface area contributed by atoms with Gasteiger partial charge in [-0.05, 0) is 51.8 Å². The second kappa shape index (κ2) is 7.22. The second-order valence-electron chi connectivity index (χ2n) is 5.57. The van der Waals surface area contributed by atoms with Gasteiger partial charge in [-0.3, -0.25) is 9.56 Å². The summed E-state index contributed by atoms with van der Waals surface area (Å²) in [5.41, 5.74) is 8.68. The topological polar surface area (TPSA) is 122 Å². The standard InChI is InChI=1S/C9H12O3S.C6H12N4/c1-6-4-7(2)9(8(3)5-6)13(10,11)12;1-4-3-6(7)10(8)5(2)9-4/h4-5H,1-3H3,(H,10,11,12);3,6H,7-8H2,1-2H3. The summed E-state index contributed by atoms with van der Waals surface area (Å²) in [5.74, 6) is 6.27. The van der Waals surface area contributed by atoms with Crippen LogP contribution in [0.4, 0.5) is 0 Å². The zero-order chi connectivity index (χ0) is 17.9. The first kappa shape index (κ1) is 19.3. The monoisotopic (exact) mass is 340 g/mol. The number of aliphatic imine (C=N–C) groups is 1. The zero-order valence-corrected chi connectivity index (χ0v) is 14.8. The molecule has 1 heterocycles. The molecule has 0 fully saturated rings. The van der Waals surface area contributed by atoms with Gasteiger partial charge in [-0.15, -0.1) is 0 Å². The minimum atomic E-state index is -4.08. The molecule has 0 amide bonds. The highest BCUT2D eigenvalue weighted by atomic mass is 32.2. The van der Waals surface area contributed by atoms with E-state index in [0.29, 0.717) is 11.1 Å². The van der Waals surface area contributed by atoms with Crippen LogP contribution >= 0.6 is 0 Å². The molecule has 23 heavy (non-hydrogen) atoms. The number of hydrogen-bond donors (Lipinski definition) is 3. The molecule has 0 radical (unpaired) electrons. The number of aryl methyl sites for hydroxylation is 3. The van der Waals surface area contributed by atoms with E-state index in [0.717, 1.165) is 17.1 Å². The number of allylic oxidation sites excluding steroid dienone is 1. The molecule has 2 rings (SSSR count). The molecule has 1 aromatic rings. The number of nitrogens with zero attached hydrogens (tertiary/aromatic N) is 2. The SMILES string of the molecule is CC1=CC(N)N(N)C(C)=N1.Cc1cc(C)c(S(=O)(=O)O)c(C)c1. The summed E-state index contributed by atoms with van der Waals surface area (Å²) in [7, 11) is -4.08. The predicted molar refractivity (Wildman–Crippen MR) is 91.3 cm³/mol. The van der Waals surface area contributed by atoms with Crippen LogP contribution in [0, 0.1) is 20.8 Å². The van der Waals surface area contributed by atoms with Crippen molar-refractivity contribution in [3.63, 3.8) is 0 Å². The Morgan fingerprint density at radius 1 is 1.13 bits per heavy atom. The van der Waals surface area contributed by atoms with Gasteiger partial charge in [0.25, 0.3) is 10.1 Å². The van der Waals surface area contributed by atoms with Crippen molar-refractivity contribution in [2.24, 2.45) is 16.6 Å². The summed E-state index contributed by atoms with van der Waals surface area (Å²) < 4.78 is 30.8. The van der Waals surface area contributed by atoms with E-state index < -0.39 is 10.1 Å². The van der Waals surface area contributed by atoms with Crippen LogP contribution in [0.5, 0.6) is 0 Å². The molecule has 5 N–H and O–H groups in total. The van der Waals surface area contributed by atoms with Gasteiger partial charge in [-0.1, -0.05) is 17.7 Å². The van der Waals surface area contributed by atoms with Crippen LogP contribution in [-0.2, 0) is 10.1 Å². The number of amidine groups is 1. The van der Waals surface area contributed by atoms with E-state index >= 15 is 0 Å². The first-order valence-electron chi connectivity index (χ1n) is 7.02. The lowest BCUT2D eigenvalue weighted by atomic mass is 10.1. The fourth-order valence-electron chi connectivity index (χ4n) is 2.47. The van der Waals surface area contributed by atoms with Crippen LogP contribution < -0.4 is 11.6 Å². The minimum Gasteiger partial charge on any atom is -0.307 e. The summed E-state index contributed by atoms with van der Waals surface area (Å²) in [5, 5.41) is 1.44. The van der Waals surface area contributed by atoms with E-state index in [4.69, 9.17) is 16.1 Å². The summed E-state index contributed by atoms with van der Waals surface area (Å²) >= 11 is 0. The molecule has 1 unspecified atom stereocenters. The lowest BCUT2D eigenvalue weighted by molar-refractivity contribution is 0.370. The van der Waals surface area contributed by atoms with Gasteiger partial charge in [-0.2, -0.15) is 8.42 Å². The maximum atomic E-state index is 10.9.